The Morgan fingerprint density at radius 1 is 1.19 bits per heavy atom. The van der Waals surface area contributed by atoms with Gasteiger partial charge in [-0.25, -0.2) is 0 Å². The third-order valence-electron chi connectivity index (χ3n) is 4.91. The Balaban J connectivity index is 1.63. The number of carbonyl (C=O) groups excluding carboxylic acids is 1. The summed E-state index contributed by atoms with van der Waals surface area (Å²) < 4.78 is 0. The molecule has 0 saturated carbocycles. The number of hydrogen-bond donors (Lipinski definition) is 1. The molecule has 1 unspecified atom stereocenters. The topological polar surface area (TPSA) is 35.6 Å². The third kappa shape index (κ3) is 2.77. The van der Waals surface area contributed by atoms with Crippen molar-refractivity contribution >= 4 is 11.6 Å². The van der Waals surface area contributed by atoms with Crippen molar-refractivity contribution in [1.82, 2.24) is 10.2 Å². The fourth-order valence-corrected chi connectivity index (χ4v) is 3.45. The van der Waals surface area contributed by atoms with Gasteiger partial charge in [0.2, 0.25) is 5.91 Å². The van der Waals surface area contributed by atoms with Crippen LogP contribution in [0.15, 0.2) is 24.3 Å². The number of carbonyl (C=O) groups is 1. The van der Waals surface area contributed by atoms with E-state index in [0.717, 1.165) is 45.7 Å². The van der Waals surface area contributed by atoms with Crippen LogP contribution < -0.4 is 10.2 Å². The van der Waals surface area contributed by atoms with Crippen LogP contribution in [0.25, 0.3) is 0 Å². The number of aryl methyl sites for hydroxylation is 1. The first-order valence-electron chi connectivity index (χ1n) is 7.91. The van der Waals surface area contributed by atoms with Gasteiger partial charge in [0, 0.05) is 38.4 Å². The van der Waals surface area contributed by atoms with Crippen LogP contribution in [-0.4, -0.2) is 50.1 Å². The minimum absolute atomic E-state index is 0.190. The van der Waals surface area contributed by atoms with Crippen LogP contribution in [0, 0.1) is 12.3 Å². The number of para-hydroxylation sites is 1. The maximum absolute atomic E-state index is 12.7. The molecule has 2 saturated heterocycles. The zero-order valence-electron chi connectivity index (χ0n) is 13.1. The van der Waals surface area contributed by atoms with Gasteiger partial charge in [-0.05, 0) is 38.4 Å². The van der Waals surface area contributed by atoms with Crippen molar-refractivity contribution in [3.63, 3.8) is 0 Å². The summed E-state index contributed by atoms with van der Waals surface area (Å²) in [5, 5.41) is 3.32. The first-order valence-corrected chi connectivity index (χ1v) is 7.91. The molecule has 0 aromatic heterocycles. The molecule has 1 amide bonds. The van der Waals surface area contributed by atoms with Gasteiger partial charge >= 0.3 is 0 Å². The van der Waals surface area contributed by atoms with Crippen LogP contribution in [0.1, 0.15) is 18.9 Å². The van der Waals surface area contributed by atoms with Gasteiger partial charge in [0.15, 0.2) is 0 Å². The monoisotopic (exact) mass is 287 g/mol. The molecule has 1 aromatic rings. The molecule has 2 aliphatic heterocycles. The summed E-state index contributed by atoms with van der Waals surface area (Å²) in [6.07, 6.45) is 0.962. The van der Waals surface area contributed by atoms with Crippen LogP contribution in [0.5, 0.6) is 0 Å². The Morgan fingerprint density at radius 2 is 1.90 bits per heavy atom. The van der Waals surface area contributed by atoms with Gasteiger partial charge in [0.1, 0.15) is 0 Å². The zero-order chi connectivity index (χ0) is 14.9. The summed E-state index contributed by atoms with van der Waals surface area (Å²) in [6.45, 7) is 9.57. The lowest BCUT2D eigenvalue weighted by Gasteiger charge is -2.39. The molecule has 4 nitrogen and oxygen atoms in total. The van der Waals surface area contributed by atoms with E-state index in [1.54, 1.807) is 0 Å². The van der Waals surface area contributed by atoms with E-state index in [2.05, 4.69) is 53.2 Å². The molecule has 0 radical (unpaired) electrons. The Kier molecular flexibility index (Phi) is 3.89. The van der Waals surface area contributed by atoms with Crippen LogP contribution in [-0.2, 0) is 4.79 Å². The minimum Gasteiger partial charge on any atom is -0.368 e. The van der Waals surface area contributed by atoms with E-state index in [1.807, 2.05) is 0 Å². The summed E-state index contributed by atoms with van der Waals surface area (Å²) in [7, 11) is 0. The van der Waals surface area contributed by atoms with E-state index in [0.29, 0.717) is 5.91 Å². The molecule has 4 heteroatoms. The number of nitrogens with zero attached hydrogens (tertiary/aromatic N) is 2. The Morgan fingerprint density at radius 3 is 2.52 bits per heavy atom. The second-order valence-corrected chi connectivity index (χ2v) is 6.55. The number of nitrogens with one attached hydrogen (secondary N) is 1. The highest BCUT2D eigenvalue weighted by Gasteiger charge is 2.39. The van der Waals surface area contributed by atoms with Crippen LogP contribution in [0.3, 0.4) is 0 Å². The minimum atomic E-state index is -0.190. The normalized spacial score (nSPS) is 26.2. The van der Waals surface area contributed by atoms with Crippen LogP contribution in [0.4, 0.5) is 5.69 Å². The van der Waals surface area contributed by atoms with Crippen LogP contribution in [0.2, 0.25) is 0 Å². The van der Waals surface area contributed by atoms with Gasteiger partial charge in [-0.3, -0.25) is 4.79 Å². The van der Waals surface area contributed by atoms with Gasteiger partial charge in [0.25, 0.3) is 0 Å². The molecule has 0 aliphatic carbocycles. The molecule has 2 heterocycles. The van der Waals surface area contributed by atoms with Crippen molar-refractivity contribution in [2.75, 3.05) is 44.2 Å². The summed E-state index contributed by atoms with van der Waals surface area (Å²) >= 11 is 0. The molecule has 0 bridgehead atoms. The molecular formula is C17H25N3O. The highest BCUT2D eigenvalue weighted by molar-refractivity contribution is 5.83. The maximum Gasteiger partial charge on any atom is 0.229 e. The number of benzene rings is 1. The fraction of sp³-hybridized carbons (Fsp3) is 0.588. The molecule has 2 fully saturated rings. The highest BCUT2D eigenvalue weighted by Crippen LogP contribution is 2.28. The van der Waals surface area contributed by atoms with E-state index in [-0.39, 0.29) is 5.41 Å². The summed E-state index contributed by atoms with van der Waals surface area (Å²) in [5.41, 5.74) is 2.42. The van der Waals surface area contributed by atoms with Crippen molar-refractivity contribution in [3.8, 4) is 0 Å². The standard InChI is InChI=1S/C17H25N3O/c1-14-5-3-4-6-15(14)19-9-11-20(12-10-19)16(21)17(2)7-8-18-13-17/h3-6,18H,7-13H2,1-2H3. The molecule has 2 aliphatic rings. The van der Waals surface area contributed by atoms with Gasteiger partial charge in [-0.15, -0.1) is 0 Å². The second kappa shape index (κ2) is 5.68. The number of hydrogen-bond acceptors (Lipinski definition) is 3. The van der Waals surface area contributed by atoms with E-state index in [9.17, 15) is 4.79 Å². The number of anilines is 1. The van der Waals surface area contributed by atoms with E-state index >= 15 is 0 Å². The lowest BCUT2D eigenvalue weighted by Crippen LogP contribution is -2.53. The SMILES string of the molecule is Cc1ccccc1N1CCN(C(=O)C2(C)CCNC2)CC1. The lowest BCUT2D eigenvalue weighted by molar-refractivity contribution is -0.140. The Bertz CT molecular complexity index is 515. The summed E-state index contributed by atoms with van der Waals surface area (Å²) in [5.74, 6) is 0.330. The average molecular weight is 287 g/mol. The predicted molar refractivity (Wildman–Crippen MR) is 85.6 cm³/mol. The summed E-state index contributed by atoms with van der Waals surface area (Å²) in [6, 6.07) is 8.49. The van der Waals surface area contributed by atoms with Crippen molar-refractivity contribution < 1.29 is 4.79 Å². The Hall–Kier alpha value is -1.55. The van der Waals surface area contributed by atoms with E-state index < -0.39 is 0 Å². The van der Waals surface area contributed by atoms with Crippen molar-refractivity contribution in [2.45, 2.75) is 20.3 Å². The molecule has 114 valence electrons. The molecular weight excluding hydrogens is 262 g/mol. The number of amides is 1. The lowest BCUT2D eigenvalue weighted by atomic mass is 9.88. The van der Waals surface area contributed by atoms with Crippen molar-refractivity contribution in [2.24, 2.45) is 5.41 Å². The number of piperazine rings is 1. The van der Waals surface area contributed by atoms with Gasteiger partial charge in [0.05, 0.1) is 5.41 Å². The number of rotatable bonds is 2. The van der Waals surface area contributed by atoms with E-state index in [4.69, 9.17) is 0 Å². The first-order chi connectivity index (χ1) is 10.1. The van der Waals surface area contributed by atoms with Gasteiger partial charge in [-0.1, -0.05) is 18.2 Å². The second-order valence-electron chi connectivity index (χ2n) is 6.55. The van der Waals surface area contributed by atoms with Gasteiger partial charge < -0.3 is 15.1 Å². The first kappa shape index (κ1) is 14.4. The van der Waals surface area contributed by atoms with Crippen molar-refractivity contribution in [1.29, 1.82) is 0 Å². The zero-order valence-corrected chi connectivity index (χ0v) is 13.1. The van der Waals surface area contributed by atoms with Gasteiger partial charge in [-0.2, -0.15) is 0 Å². The molecule has 1 N–H and O–H groups in total. The smallest absolute Gasteiger partial charge is 0.229 e. The predicted octanol–water partition coefficient (Wildman–Crippen LogP) is 1.64. The molecule has 3 rings (SSSR count). The van der Waals surface area contributed by atoms with Crippen molar-refractivity contribution in [3.05, 3.63) is 29.8 Å². The average Bonchev–Trinajstić information content (AvgIpc) is 2.95. The third-order valence-corrected chi connectivity index (χ3v) is 4.91. The maximum atomic E-state index is 12.7. The largest absolute Gasteiger partial charge is 0.368 e. The summed E-state index contributed by atoms with van der Waals surface area (Å²) in [4.78, 5) is 17.2. The molecule has 21 heavy (non-hydrogen) atoms. The fourth-order valence-electron chi connectivity index (χ4n) is 3.45. The van der Waals surface area contributed by atoms with Crippen LogP contribution >= 0.6 is 0 Å². The molecule has 0 spiro atoms. The van der Waals surface area contributed by atoms with E-state index in [1.165, 1.54) is 11.3 Å². The Labute approximate surface area is 127 Å². The highest BCUT2D eigenvalue weighted by atomic mass is 16.2. The quantitative estimate of drug-likeness (QED) is 0.898. The molecule has 1 aromatic carbocycles. The molecule has 1 atom stereocenters.